The van der Waals surface area contributed by atoms with Crippen molar-refractivity contribution in [2.24, 2.45) is 0 Å². The lowest BCUT2D eigenvalue weighted by Gasteiger charge is -2.19. The van der Waals surface area contributed by atoms with E-state index in [2.05, 4.69) is 16.0 Å². The van der Waals surface area contributed by atoms with Gasteiger partial charge in [-0.1, -0.05) is 30.3 Å². The van der Waals surface area contributed by atoms with Crippen molar-refractivity contribution >= 4 is 53.0 Å². The maximum absolute atomic E-state index is 12.9. The van der Waals surface area contributed by atoms with E-state index in [9.17, 15) is 49.3 Å². The molecule has 0 aromatic heterocycles. The van der Waals surface area contributed by atoms with E-state index in [0.717, 1.165) is 30.0 Å². The molecular formula is C27H31N5O12S. The van der Waals surface area contributed by atoms with Gasteiger partial charge < -0.3 is 30.5 Å². The molecule has 0 aliphatic rings. The lowest BCUT2D eigenvalue weighted by atomic mass is 10.1. The predicted molar refractivity (Wildman–Crippen MR) is 157 cm³/mol. The third-order valence-electron chi connectivity index (χ3n) is 5.64. The molecule has 0 aliphatic heterocycles. The van der Waals surface area contributed by atoms with Crippen LogP contribution in [0.25, 0.3) is 0 Å². The Labute approximate surface area is 260 Å². The van der Waals surface area contributed by atoms with Gasteiger partial charge in [0.15, 0.2) is 0 Å². The Morgan fingerprint density at radius 3 is 2.24 bits per heavy atom. The number of hydrogen-bond donors (Lipinski definition) is 4. The summed E-state index contributed by atoms with van der Waals surface area (Å²) < 4.78 is 9.96. The van der Waals surface area contributed by atoms with Gasteiger partial charge >= 0.3 is 18.0 Å². The molecule has 242 valence electrons. The summed E-state index contributed by atoms with van der Waals surface area (Å²) >= 11 is 0.737. The van der Waals surface area contributed by atoms with Gasteiger partial charge in [-0.3, -0.25) is 34.6 Å². The van der Waals surface area contributed by atoms with Crippen molar-refractivity contribution in [1.29, 1.82) is 0 Å². The molecule has 0 fully saturated rings. The summed E-state index contributed by atoms with van der Waals surface area (Å²) in [6, 6.07) is 8.62. The summed E-state index contributed by atoms with van der Waals surface area (Å²) in [6.07, 6.45) is -2.36. The monoisotopic (exact) mass is 649 g/mol. The zero-order valence-corrected chi connectivity index (χ0v) is 24.9. The second-order valence-corrected chi connectivity index (χ2v) is 10.6. The van der Waals surface area contributed by atoms with Crippen molar-refractivity contribution in [3.8, 4) is 0 Å². The van der Waals surface area contributed by atoms with Crippen molar-refractivity contribution in [1.82, 2.24) is 16.0 Å². The van der Waals surface area contributed by atoms with E-state index in [-0.39, 0.29) is 17.3 Å². The summed E-state index contributed by atoms with van der Waals surface area (Å²) in [5.74, 6) is -4.21. The van der Waals surface area contributed by atoms with Gasteiger partial charge in [-0.25, -0.2) is 9.59 Å². The Hall–Kier alpha value is -5.26. The minimum Gasteiger partial charge on any atom is -0.480 e. The van der Waals surface area contributed by atoms with Gasteiger partial charge in [0.1, 0.15) is 25.2 Å². The fraction of sp³-hybridized carbons (Fsp3) is 0.370. The molecule has 0 bridgehead atoms. The first-order chi connectivity index (χ1) is 21.3. The van der Waals surface area contributed by atoms with Gasteiger partial charge in [0.05, 0.1) is 26.9 Å². The number of non-ortho nitro benzene ring substituents is 1. The smallest absolute Gasteiger partial charge is 0.408 e. The Balaban J connectivity index is 2.08. The molecule has 0 radical (unpaired) electrons. The van der Waals surface area contributed by atoms with Crippen LogP contribution in [0, 0.1) is 20.2 Å². The first-order valence-electron chi connectivity index (χ1n) is 13.3. The van der Waals surface area contributed by atoms with E-state index in [1.807, 2.05) is 0 Å². The number of carbonyl (C=O) groups excluding carboxylic acids is 4. The Morgan fingerprint density at radius 2 is 1.64 bits per heavy atom. The number of hydrogen-bond acceptors (Lipinski definition) is 12. The lowest BCUT2D eigenvalue weighted by molar-refractivity contribution is -0.396. The minimum absolute atomic E-state index is 0.0407. The van der Waals surface area contributed by atoms with Crippen molar-refractivity contribution in [3.05, 3.63) is 74.3 Å². The Kier molecular flexibility index (Phi) is 14.2. The normalized spacial score (nSPS) is 11.9. The largest absolute Gasteiger partial charge is 0.480 e. The molecule has 3 amide bonds. The first-order valence-corrected chi connectivity index (χ1v) is 14.3. The average molecular weight is 650 g/mol. The number of benzene rings is 2. The van der Waals surface area contributed by atoms with Gasteiger partial charge in [0.2, 0.25) is 11.8 Å². The van der Waals surface area contributed by atoms with Crippen LogP contribution in [0.15, 0.2) is 53.4 Å². The highest BCUT2D eigenvalue weighted by Gasteiger charge is 2.27. The van der Waals surface area contributed by atoms with Gasteiger partial charge in [0.25, 0.3) is 11.4 Å². The van der Waals surface area contributed by atoms with E-state index >= 15 is 0 Å². The van der Waals surface area contributed by atoms with Crippen LogP contribution in [0.5, 0.6) is 0 Å². The van der Waals surface area contributed by atoms with Crippen molar-refractivity contribution in [2.45, 2.75) is 56.4 Å². The number of nitrogens with one attached hydrogen (secondary N) is 3. The summed E-state index contributed by atoms with van der Waals surface area (Å²) in [6.45, 7) is 2.52. The molecule has 0 spiro atoms. The number of carboxylic acids is 1. The van der Waals surface area contributed by atoms with Crippen LogP contribution in [0.4, 0.5) is 16.2 Å². The third-order valence-corrected chi connectivity index (χ3v) is 6.80. The maximum atomic E-state index is 12.9. The summed E-state index contributed by atoms with van der Waals surface area (Å²) in [5.41, 5.74) is -0.463. The lowest BCUT2D eigenvalue weighted by Crippen LogP contribution is -2.50. The fourth-order valence-electron chi connectivity index (χ4n) is 3.53. The molecule has 2 rings (SSSR count). The number of nitro groups is 2. The predicted octanol–water partition coefficient (Wildman–Crippen LogP) is 2.31. The number of aliphatic carboxylic acids is 1. The molecule has 0 saturated heterocycles. The highest BCUT2D eigenvalue weighted by atomic mass is 32.2. The highest BCUT2D eigenvalue weighted by Crippen LogP contribution is 2.32. The molecule has 0 saturated carbocycles. The number of alkyl carbamates (subject to hydrolysis) is 1. The van der Waals surface area contributed by atoms with Gasteiger partial charge in [-0.2, -0.15) is 0 Å². The number of rotatable bonds is 17. The van der Waals surface area contributed by atoms with E-state index in [0.29, 0.717) is 5.56 Å². The van der Waals surface area contributed by atoms with Crippen LogP contribution in [0.3, 0.4) is 0 Å². The topological polar surface area (TPSA) is 246 Å². The minimum atomic E-state index is -1.52. The molecule has 17 nitrogen and oxygen atoms in total. The van der Waals surface area contributed by atoms with Crippen molar-refractivity contribution in [2.75, 3.05) is 12.3 Å². The number of thioether (sulfide) groups is 1. The fourth-order valence-corrected chi connectivity index (χ4v) is 4.56. The second-order valence-electron chi connectivity index (χ2n) is 9.49. The molecule has 2 atom stereocenters. The zero-order chi connectivity index (χ0) is 33.5. The number of carboxylic acid groups (broad SMARTS) is 1. The van der Waals surface area contributed by atoms with E-state index in [1.165, 1.54) is 0 Å². The Morgan fingerprint density at radius 1 is 0.956 bits per heavy atom. The van der Waals surface area contributed by atoms with Crippen LogP contribution in [0.1, 0.15) is 32.3 Å². The molecule has 2 aromatic rings. The number of amides is 3. The number of nitrogens with zero attached hydrogens (tertiary/aromatic N) is 2. The Bertz CT molecular complexity index is 1410. The molecule has 0 aliphatic carbocycles. The zero-order valence-electron chi connectivity index (χ0n) is 24.1. The first kappa shape index (κ1) is 35.9. The quantitative estimate of drug-likeness (QED) is 0.0832. The molecular weight excluding hydrogens is 618 g/mol. The number of carbonyl (C=O) groups is 5. The molecule has 4 N–H and O–H groups in total. The van der Waals surface area contributed by atoms with E-state index in [4.69, 9.17) is 9.47 Å². The number of esters is 1. The molecule has 45 heavy (non-hydrogen) atoms. The third kappa shape index (κ3) is 12.9. The van der Waals surface area contributed by atoms with Crippen LogP contribution < -0.4 is 16.0 Å². The SMILES string of the molecule is CC(C)OC(=O)CNC(=O)[C@H](CSc1ccc([N+](=O)[O-])cc1[N+](=O)[O-])NC(=O)CC[C@H](NC(=O)OCc1ccccc1)C(=O)O. The summed E-state index contributed by atoms with van der Waals surface area (Å²) in [5, 5.41) is 38.9. The second kappa shape index (κ2) is 17.8. The molecule has 18 heteroatoms. The van der Waals surface area contributed by atoms with Gasteiger partial charge in [0, 0.05) is 18.2 Å². The van der Waals surface area contributed by atoms with Gasteiger partial charge in [-0.15, -0.1) is 11.8 Å². The molecule has 0 heterocycles. The number of nitro benzene ring substituents is 2. The number of ether oxygens (including phenoxy) is 2. The van der Waals surface area contributed by atoms with E-state index in [1.54, 1.807) is 44.2 Å². The van der Waals surface area contributed by atoms with Crippen molar-refractivity contribution in [3.63, 3.8) is 0 Å². The summed E-state index contributed by atoms with van der Waals surface area (Å²) in [4.78, 5) is 82.2. The van der Waals surface area contributed by atoms with Crippen LogP contribution in [-0.4, -0.2) is 75.3 Å². The molecule has 2 aromatic carbocycles. The van der Waals surface area contributed by atoms with E-state index < -0.39 is 88.6 Å². The molecule has 0 unspecified atom stereocenters. The van der Waals surface area contributed by atoms with Crippen LogP contribution in [0.2, 0.25) is 0 Å². The van der Waals surface area contributed by atoms with Gasteiger partial charge in [-0.05, 0) is 31.9 Å². The average Bonchev–Trinajstić information content (AvgIpc) is 2.98. The van der Waals surface area contributed by atoms with Crippen molar-refractivity contribution < 1.29 is 48.4 Å². The standard InChI is InChI=1S/C27H31N5O12S/c1-16(2)44-24(34)13-28-25(35)20(15-45-22-10-8-18(31(39)40)12-21(22)32(41)42)29-23(33)11-9-19(26(36)37)30-27(38)43-14-17-6-4-3-5-7-17/h3-8,10,12,16,19-20H,9,11,13-15H2,1-2H3,(H,28,35)(H,29,33)(H,30,38)(H,36,37)/t19-,20-/m0/s1. The van der Waals surface area contributed by atoms with Crippen LogP contribution >= 0.6 is 11.8 Å². The maximum Gasteiger partial charge on any atom is 0.408 e. The summed E-state index contributed by atoms with van der Waals surface area (Å²) in [7, 11) is 0. The highest BCUT2D eigenvalue weighted by molar-refractivity contribution is 7.99. The van der Waals surface area contributed by atoms with Crippen LogP contribution in [-0.2, 0) is 35.3 Å².